The number of amides is 1. The second-order valence-corrected chi connectivity index (χ2v) is 7.58. The molecule has 0 fully saturated rings. The van der Waals surface area contributed by atoms with Crippen LogP contribution in [-0.2, 0) is 4.79 Å². The number of carbonyl (C=O) groups is 1. The van der Waals surface area contributed by atoms with Crippen molar-refractivity contribution in [2.45, 2.75) is 0 Å². The molecule has 0 unspecified atom stereocenters. The summed E-state index contributed by atoms with van der Waals surface area (Å²) in [6.07, 6.45) is 0. The molecule has 0 spiro atoms. The molecule has 3 aromatic rings. The normalized spacial score (nSPS) is 10.5. The molecule has 0 bridgehead atoms. The molecule has 0 saturated heterocycles. The molecule has 0 atom stereocenters. The molecule has 1 amide bonds. The molecule has 1 N–H and O–H groups in total. The Kier molecular flexibility index (Phi) is 5.96. The third-order valence-electron chi connectivity index (χ3n) is 3.12. The van der Waals surface area contributed by atoms with Gasteiger partial charge in [0.15, 0.2) is 11.7 Å². The van der Waals surface area contributed by atoms with Crippen molar-refractivity contribution in [3.8, 4) is 17.0 Å². The topological polar surface area (TPSA) is 51.2 Å². The Labute approximate surface area is 166 Å². The lowest BCUT2D eigenvalue weighted by Crippen LogP contribution is -2.20. The van der Waals surface area contributed by atoms with Crippen molar-refractivity contribution in [2.24, 2.45) is 0 Å². The third kappa shape index (κ3) is 4.95. The van der Waals surface area contributed by atoms with Gasteiger partial charge in [-0.05, 0) is 30.3 Å². The lowest BCUT2D eigenvalue weighted by molar-refractivity contribution is -0.118. The number of nitrogens with zero attached hydrogens (tertiary/aromatic N) is 1. The first-order valence-corrected chi connectivity index (χ1v) is 9.53. The van der Waals surface area contributed by atoms with E-state index in [9.17, 15) is 4.79 Å². The van der Waals surface area contributed by atoms with Gasteiger partial charge < -0.3 is 4.74 Å². The molecular weight excluding hydrogens is 447 g/mol. The van der Waals surface area contributed by atoms with Crippen molar-refractivity contribution in [3.05, 3.63) is 62.4 Å². The summed E-state index contributed by atoms with van der Waals surface area (Å²) in [4.78, 5) is 16.4. The van der Waals surface area contributed by atoms with Crippen LogP contribution in [0.15, 0.2) is 52.3 Å². The highest BCUT2D eigenvalue weighted by Gasteiger charge is 2.10. The average molecular weight is 458 g/mol. The number of carbonyl (C=O) groups excluding carboxylic acids is 1. The zero-order chi connectivity index (χ0) is 17.8. The van der Waals surface area contributed by atoms with Crippen molar-refractivity contribution in [2.75, 3.05) is 11.9 Å². The van der Waals surface area contributed by atoms with E-state index in [1.807, 2.05) is 29.6 Å². The Morgan fingerprint density at radius 3 is 2.84 bits per heavy atom. The summed E-state index contributed by atoms with van der Waals surface area (Å²) in [7, 11) is 0. The molecule has 8 heteroatoms. The molecule has 0 saturated carbocycles. The van der Waals surface area contributed by atoms with Crippen LogP contribution in [0.3, 0.4) is 0 Å². The number of aromatic nitrogens is 1. The first kappa shape index (κ1) is 18.2. The summed E-state index contributed by atoms with van der Waals surface area (Å²) >= 11 is 16.6. The van der Waals surface area contributed by atoms with Crippen LogP contribution in [0.4, 0.5) is 5.13 Å². The molecule has 2 aromatic carbocycles. The van der Waals surface area contributed by atoms with Crippen molar-refractivity contribution >= 4 is 61.5 Å². The lowest BCUT2D eigenvalue weighted by Gasteiger charge is -2.07. The maximum absolute atomic E-state index is 12.0. The van der Waals surface area contributed by atoms with Crippen LogP contribution in [0.5, 0.6) is 5.75 Å². The number of anilines is 1. The van der Waals surface area contributed by atoms with E-state index in [1.54, 1.807) is 18.2 Å². The van der Waals surface area contributed by atoms with Gasteiger partial charge >= 0.3 is 0 Å². The molecule has 0 aliphatic carbocycles. The monoisotopic (exact) mass is 456 g/mol. The Bertz CT molecular complexity index is 917. The number of thiazole rings is 1. The van der Waals surface area contributed by atoms with E-state index in [2.05, 4.69) is 26.2 Å². The Morgan fingerprint density at radius 2 is 2.08 bits per heavy atom. The maximum Gasteiger partial charge on any atom is 0.264 e. The van der Waals surface area contributed by atoms with Crippen LogP contribution >= 0.6 is 50.5 Å². The number of halogens is 3. The summed E-state index contributed by atoms with van der Waals surface area (Å²) in [6.45, 7) is -0.173. The molecule has 1 heterocycles. The summed E-state index contributed by atoms with van der Waals surface area (Å²) in [6, 6.07) is 12.6. The highest BCUT2D eigenvalue weighted by molar-refractivity contribution is 9.10. The van der Waals surface area contributed by atoms with Gasteiger partial charge in [0.2, 0.25) is 0 Å². The smallest absolute Gasteiger partial charge is 0.264 e. The predicted molar refractivity (Wildman–Crippen MR) is 106 cm³/mol. The van der Waals surface area contributed by atoms with E-state index >= 15 is 0 Å². The van der Waals surface area contributed by atoms with Crippen LogP contribution in [-0.4, -0.2) is 17.5 Å². The quantitative estimate of drug-likeness (QED) is 0.519. The number of benzene rings is 2. The zero-order valence-electron chi connectivity index (χ0n) is 12.6. The third-order valence-corrected chi connectivity index (χ3v) is 4.91. The summed E-state index contributed by atoms with van der Waals surface area (Å²) in [5.74, 6) is 0.0799. The molecule has 4 nitrogen and oxygen atoms in total. The second-order valence-electron chi connectivity index (χ2n) is 4.96. The number of nitrogens with one attached hydrogen (secondary N) is 1. The van der Waals surface area contributed by atoms with Crippen LogP contribution in [0.2, 0.25) is 10.0 Å². The predicted octanol–water partition coefficient (Wildman–Crippen LogP) is 5.90. The number of hydrogen-bond acceptors (Lipinski definition) is 4. The van der Waals surface area contributed by atoms with Crippen LogP contribution in [0.1, 0.15) is 0 Å². The summed E-state index contributed by atoms with van der Waals surface area (Å²) in [5.41, 5.74) is 1.76. The second kappa shape index (κ2) is 8.19. The molecular formula is C17H11BrCl2N2O2S. The number of ether oxygens (including phenoxy) is 1. The summed E-state index contributed by atoms with van der Waals surface area (Å²) in [5, 5.41) is 5.96. The molecule has 0 aliphatic rings. The van der Waals surface area contributed by atoms with Gasteiger partial charge in [0.05, 0.1) is 10.7 Å². The fourth-order valence-corrected chi connectivity index (χ4v) is 3.60. The van der Waals surface area contributed by atoms with Gasteiger partial charge in [-0.2, -0.15) is 0 Å². The first-order chi connectivity index (χ1) is 12.0. The van der Waals surface area contributed by atoms with Crippen molar-refractivity contribution < 1.29 is 9.53 Å². The van der Waals surface area contributed by atoms with Gasteiger partial charge in [-0.25, -0.2) is 4.98 Å². The number of hydrogen-bond donors (Lipinski definition) is 1. The van der Waals surface area contributed by atoms with E-state index in [0.29, 0.717) is 20.9 Å². The minimum Gasteiger partial charge on any atom is -0.482 e. The molecule has 25 heavy (non-hydrogen) atoms. The van der Waals surface area contributed by atoms with E-state index in [1.165, 1.54) is 11.3 Å². The first-order valence-electron chi connectivity index (χ1n) is 7.10. The van der Waals surface area contributed by atoms with Crippen LogP contribution in [0, 0.1) is 0 Å². The fraction of sp³-hybridized carbons (Fsp3) is 0.0588. The molecule has 128 valence electrons. The van der Waals surface area contributed by atoms with Gasteiger partial charge in [0.25, 0.3) is 5.91 Å². The van der Waals surface area contributed by atoms with Gasteiger partial charge in [0.1, 0.15) is 5.75 Å². The molecule has 3 rings (SSSR count). The van der Waals surface area contributed by atoms with E-state index in [0.717, 1.165) is 15.7 Å². The van der Waals surface area contributed by atoms with Gasteiger partial charge in [-0.3, -0.25) is 10.1 Å². The lowest BCUT2D eigenvalue weighted by atomic mass is 10.2. The summed E-state index contributed by atoms with van der Waals surface area (Å²) < 4.78 is 6.37. The zero-order valence-corrected chi connectivity index (χ0v) is 16.5. The van der Waals surface area contributed by atoms with Crippen molar-refractivity contribution in [1.82, 2.24) is 4.98 Å². The fourth-order valence-electron chi connectivity index (χ4n) is 2.00. The van der Waals surface area contributed by atoms with Crippen LogP contribution in [0.25, 0.3) is 11.3 Å². The van der Waals surface area contributed by atoms with E-state index in [-0.39, 0.29) is 12.5 Å². The molecule has 0 aliphatic heterocycles. The van der Waals surface area contributed by atoms with Crippen molar-refractivity contribution in [3.63, 3.8) is 0 Å². The largest absolute Gasteiger partial charge is 0.482 e. The SMILES string of the molecule is O=C(COc1ccc(Cl)cc1Cl)Nc1nc(-c2cccc(Br)c2)cs1. The average Bonchev–Trinajstić information content (AvgIpc) is 3.02. The standard InChI is InChI=1S/C17H11BrCl2N2O2S/c18-11-3-1-2-10(6-11)14-9-25-17(21-14)22-16(23)8-24-15-5-4-12(19)7-13(15)20/h1-7,9H,8H2,(H,21,22,23). The molecule has 1 aromatic heterocycles. The minimum absolute atomic E-state index is 0.173. The highest BCUT2D eigenvalue weighted by atomic mass is 79.9. The van der Waals surface area contributed by atoms with E-state index in [4.69, 9.17) is 27.9 Å². The highest BCUT2D eigenvalue weighted by Crippen LogP contribution is 2.28. The van der Waals surface area contributed by atoms with Gasteiger partial charge in [-0.1, -0.05) is 51.3 Å². The Hall–Kier alpha value is -1.60. The van der Waals surface area contributed by atoms with Gasteiger partial charge in [0, 0.05) is 20.4 Å². The Balaban J connectivity index is 1.60. The number of rotatable bonds is 5. The Morgan fingerprint density at radius 1 is 1.24 bits per heavy atom. The van der Waals surface area contributed by atoms with Gasteiger partial charge in [-0.15, -0.1) is 11.3 Å². The molecule has 0 radical (unpaired) electrons. The van der Waals surface area contributed by atoms with E-state index < -0.39 is 0 Å². The maximum atomic E-state index is 12.0. The minimum atomic E-state index is -0.318. The van der Waals surface area contributed by atoms with Crippen LogP contribution < -0.4 is 10.1 Å². The van der Waals surface area contributed by atoms with Crippen molar-refractivity contribution in [1.29, 1.82) is 0 Å².